The van der Waals surface area contributed by atoms with Gasteiger partial charge in [0, 0.05) is 18.2 Å². The monoisotopic (exact) mass is 275 g/mol. The van der Waals surface area contributed by atoms with Gasteiger partial charge in [0.25, 0.3) is 0 Å². The average Bonchev–Trinajstić information content (AvgIpc) is 2.85. The third-order valence-corrected chi connectivity index (χ3v) is 3.21. The normalized spacial score (nSPS) is 22.5. The van der Waals surface area contributed by atoms with Gasteiger partial charge in [-0.25, -0.2) is 8.78 Å². The molecule has 0 radical (unpaired) electrons. The first-order chi connectivity index (χ1) is 8.95. The summed E-state index contributed by atoms with van der Waals surface area (Å²) >= 11 is 0. The first kappa shape index (κ1) is 13.7. The zero-order chi connectivity index (χ0) is 14.2. The van der Waals surface area contributed by atoms with E-state index in [0.29, 0.717) is 0 Å². The maximum atomic E-state index is 13.5. The van der Waals surface area contributed by atoms with Gasteiger partial charge in [-0.2, -0.15) is 4.39 Å². The number of aliphatic carboxylic acids is 1. The lowest BCUT2D eigenvalue weighted by atomic mass is 9.99. The van der Waals surface area contributed by atoms with Gasteiger partial charge in [-0.3, -0.25) is 4.79 Å². The molecular weight excluding hydrogens is 263 g/mol. The molecule has 1 saturated heterocycles. The van der Waals surface area contributed by atoms with Crippen molar-refractivity contribution in [1.29, 1.82) is 0 Å². The molecule has 2 unspecified atom stereocenters. The van der Waals surface area contributed by atoms with Crippen molar-refractivity contribution in [3.8, 4) is 5.75 Å². The van der Waals surface area contributed by atoms with Gasteiger partial charge >= 0.3 is 5.97 Å². The van der Waals surface area contributed by atoms with Gasteiger partial charge < -0.3 is 15.2 Å². The molecule has 0 aromatic heterocycles. The zero-order valence-electron chi connectivity index (χ0n) is 10.0. The van der Waals surface area contributed by atoms with Crippen LogP contribution in [0.4, 0.5) is 13.2 Å². The van der Waals surface area contributed by atoms with Crippen molar-refractivity contribution in [3.05, 3.63) is 29.1 Å². The Hall–Kier alpha value is -1.76. The highest BCUT2D eigenvalue weighted by Crippen LogP contribution is 2.36. The highest BCUT2D eigenvalue weighted by molar-refractivity contribution is 5.71. The van der Waals surface area contributed by atoms with Crippen LogP contribution >= 0.6 is 0 Å². The predicted molar refractivity (Wildman–Crippen MR) is 59.4 cm³/mol. The van der Waals surface area contributed by atoms with Crippen LogP contribution < -0.4 is 10.1 Å². The van der Waals surface area contributed by atoms with Crippen molar-refractivity contribution < 1.29 is 27.8 Å². The van der Waals surface area contributed by atoms with Crippen LogP contribution in [0.5, 0.6) is 5.75 Å². The van der Waals surface area contributed by atoms with Crippen molar-refractivity contribution >= 4 is 5.97 Å². The van der Waals surface area contributed by atoms with Crippen LogP contribution in [0, 0.1) is 23.4 Å². The number of carboxylic acids is 1. The summed E-state index contributed by atoms with van der Waals surface area (Å²) < 4.78 is 44.7. The van der Waals surface area contributed by atoms with Crippen LogP contribution in [0.25, 0.3) is 0 Å². The van der Waals surface area contributed by atoms with Gasteiger partial charge in [-0.05, 0) is 12.5 Å². The van der Waals surface area contributed by atoms with E-state index in [-0.39, 0.29) is 18.5 Å². The minimum absolute atomic E-state index is 0.0858. The summed E-state index contributed by atoms with van der Waals surface area (Å²) in [5.74, 6) is -6.37. The van der Waals surface area contributed by atoms with Gasteiger partial charge in [-0.1, -0.05) is 0 Å². The Balaban J connectivity index is 2.38. The third kappa shape index (κ3) is 2.37. The second kappa shape index (κ2) is 5.08. The molecule has 1 heterocycles. The van der Waals surface area contributed by atoms with Crippen LogP contribution in [0.15, 0.2) is 6.07 Å². The number of carbonyl (C=O) groups is 1. The van der Waals surface area contributed by atoms with Gasteiger partial charge in [-0.15, -0.1) is 0 Å². The molecule has 0 amide bonds. The number of halogens is 3. The molecule has 7 heteroatoms. The summed E-state index contributed by atoms with van der Waals surface area (Å²) in [7, 11) is 1.14. The molecule has 4 nitrogen and oxygen atoms in total. The fourth-order valence-electron chi connectivity index (χ4n) is 2.22. The van der Waals surface area contributed by atoms with Crippen molar-refractivity contribution in [2.24, 2.45) is 5.92 Å². The minimum Gasteiger partial charge on any atom is -0.493 e. The molecular formula is C12H12F3NO3. The standard InChI is InChI=1S/C12H12F3NO3/c1-19-11-6(3-7(13)9(14)10(11)15)8-2-5(4-16-8)12(17)18/h3,5,8,16H,2,4H2,1H3,(H,17,18). The second-order valence-corrected chi connectivity index (χ2v) is 4.34. The number of hydrogen-bond acceptors (Lipinski definition) is 3. The van der Waals surface area contributed by atoms with E-state index in [0.717, 1.165) is 13.2 Å². The number of methoxy groups -OCH3 is 1. The first-order valence-corrected chi connectivity index (χ1v) is 5.63. The van der Waals surface area contributed by atoms with Crippen LogP contribution in [0.1, 0.15) is 18.0 Å². The number of nitrogens with one attached hydrogen (secondary N) is 1. The molecule has 0 bridgehead atoms. The average molecular weight is 275 g/mol. The van der Waals surface area contributed by atoms with Gasteiger partial charge in [0.05, 0.1) is 13.0 Å². The summed E-state index contributed by atoms with van der Waals surface area (Å²) in [6.45, 7) is 0.184. The molecule has 1 aromatic rings. The van der Waals surface area contributed by atoms with E-state index < -0.39 is 41.1 Å². The lowest BCUT2D eigenvalue weighted by molar-refractivity contribution is -0.141. The Morgan fingerprint density at radius 1 is 1.42 bits per heavy atom. The zero-order valence-corrected chi connectivity index (χ0v) is 10.0. The van der Waals surface area contributed by atoms with Crippen molar-refractivity contribution in [2.75, 3.05) is 13.7 Å². The maximum Gasteiger partial charge on any atom is 0.307 e. The summed E-state index contributed by atoms with van der Waals surface area (Å²) in [5.41, 5.74) is 0.0858. The van der Waals surface area contributed by atoms with Crippen molar-refractivity contribution in [1.82, 2.24) is 5.32 Å². The lowest BCUT2D eigenvalue weighted by Gasteiger charge is -2.16. The Labute approximate surface area is 107 Å². The maximum absolute atomic E-state index is 13.5. The molecule has 0 saturated carbocycles. The summed E-state index contributed by atoms with van der Waals surface area (Å²) in [5, 5.41) is 11.7. The van der Waals surface area contributed by atoms with Crippen molar-refractivity contribution in [2.45, 2.75) is 12.5 Å². The predicted octanol–water partition coefficient (Wildman–Crippen LogP) is 1.85. The topological polar surface area (TPSA) is 58.6 Å². The molecule has 0 aliphatic carbocycles. The van der Waals surface area contributed by atoms with Crippen LogP contribution in [0.3, 0.4) is 0 Å². The highest BCUT2D eigenvalue weighted by atomic mass is 19.2. The number of benzene rings is 1. The van der Waals surface area contributed by atoms with Gasteiger partial charge in [0.15, 0.2) is 17.4 Å². The molecule has 2 rings (SSSR count). The minimum atomic E-state index is -1.60. The number of carboxylic acid groups (broad SMARTS) is 1. The smallest absolute Gasteiger partial charge is 0.307 e. The Morgan fingerprint density at radius 2 is 2.11 bits per heavy atom. The van der Waals surface area contributed by atoms with Crippen LogP contribution in [-0.2, 0) is 4.79 Å². The molecule has 1 aromatic carbocycles. The van der Waals surface area contributed by atoms with Crippen LogP contribution in [-0.4, -0.2) is 24.7 Å². The van der Waals surface area contributed by atoms with E-state index in [1.54, 1.807) is 0 Å². The third-order valence-electron chi connectivity index (χ3n) is 3.21. The Kier molecular flexibility index (Phi) is 3.66. The molecule has 1 fully saturated rings. The fraction of sp³-hybridized carbons (Fsp3) is 0.417. The first-order valence-electron chi connectivity index (χ1n) is 5.63. The van der Waals surface area contributed by atoms with E-state index in [4.69, 9.17) is 9.84 Å². The number of ether oxygens (including phenoxy) is 1. The second-order valence-electron chi connectivity index (χ2n) is 4.34. The molecule has 104 valence electrons. The van der Waals surface area contributed by atoms with Gasteiger partial charge in [0.2, 0.25) is 5.82 Å². The summed E-state index contributed by atoms with van der Waals surface area (Å²) in [6, 6.07) is 0.250. The molecule has 1 aliphatic rings. The van der Waals surface area contributed by atoms with Gasteiger partial charge in [0.1, 0.15) is 0 Å². The highest BCUT2D eigenvalue weighted by Gasteiger charge is 2.33. The molecule has 2 atom stereocenters. The van der Waals surface area contributed by atoms with Crippen LogP contribution in [0.2, 0.25) is 0 Å². The molecule has 2 N–H and O–H groups in total. The lowest BCUT2D eigenvalue weighted by Crippen LogP contribution is -2.18. The fourth-order valence-corrected chi connectivity index (χ4v) is 2.22. The Bertz CT molecular complexity index is 521. The molecule has 1 aliphatic heterocycles. The SMILES string of the molecule is COc1c(C2CC(C(=O)O)CN2)cc(F)c(F)c1F. The largest absolute Gasteiger partial charge is 0.493 e. The summed E-state index contributed by atoms with van der Waals surface area (Å²) in [4.78, 5) is 10.8. The molecule has 0 spiro atoms. The Morgan fingerprint density at radius 3 is 2.63 bits per heavy atom. The van der Waals surface area contributed by atoms with E-state index in [9.17, 15) is 18.0 Å². The van der Waals surface area contributed by atoms with E-state index >= 15 is 0 Å². The van der Waals surface area contributed by atoms with E-state index in [1.165, 1.54) is 0 Å². The van der Waals surface area contributed by atoms with E-state index in [1.807, 2.05) is 0 Å². The molecule has 19 heavy (non-hydrogen) atoms. The van der Waals surface area contributed by atoms with E-state index in [2.05, 4.69) is 5.32 Å². The van der Waals surface area contributed by atoms with Crippen molar-refractivity contribution in [3.63, 3.8) is 0 Å². The summed E-state index contributed by atoms with van der Waals surface area (Å²) in [6.07, 6.45) is 0.163. The number of hydrogen-bond donors (Lipinski definition) is 2. The number of rotatable bonds is 3. The quantitative estimate of drug-likeness (QED) is 0.826.